The Hall–Kier alpha value is -3.04. The van der Waals surface area contributed by atoms with Gasteiger partial charge in [0, 0.05) is 36.6 Å². The lowest BCUT2D eigenvalue weighted by atomic mass is 9.90. The molecule has 4 heterocycles. The van der Waals surface area contributed by atoms with Gasteiger partial charge in [-0.15, -0.1) is 22.7 Å². The number of aromatic nitrogens is 4. The molecule has 0 spiro atoms. The summed E-state index contributed by atoms with van der Waals surface area (Å²) in [5.41, 5.74) is 9.52. The lowest BCUT2D eigenvalue weighted by Gasteiger charge is -2.17. The molecule has 1 aliphatic carbocycles. The SMILES string of the molecule is C=C(C)/C=C\C(=C)c1ccc(-c2ccc(C)s2)c2nsnc12.CC.CC1=CCC(c2ccc(C)s2)c2nsnc21. The second-order valence-electron chi connectivity index (χ2n) is 9.36. The van der Waals surface area contributed by atoms with Gasteiger partial charge in [0.2, 0.25) is 0 Å². The minimum atomic E-state index is 0.427. The molecule has 0 fully saturated rings. The highest BCUT2D eigenvalue weighted by Crippen LogP contribution is 2.40. The van der Waals surface area contributed by atoms with Crippen LogP contribution in [0, 0.1) is 13.8 Å². The highest BCUT2D eigenvalue weighted by molar-refractivity contribution is 7.15. The van der Waals surface area contributed by atoms with Crippen molar-refractivity contribution in [3.05, 3.63) is 105 Å². The molecular weight excluding hydrogens is 569 g/mol. The number of fused-ring (bicyclic) bond motifs is 2. The fourth-order valence-electron chi connectivity index (χ4n) is 4.33. The van der Waals surface area contributed by atoms with E-state index >= 15 is 0 Å². The number of aryl methyl sites for hydroxylation is 2. The molecule has 8 heteroatoms. The normalized spacial score (nSPS) is 14.2. The topological polar surface area (TPSA) is 51.6 Å². The van der Waals surface area contributed by atoms with Gasteiger partial charge in [0.1, 0.15) is 16.7 Å². The average molecular weight is 603 g/mol. The standard InChI is InChI=1S/C18H16N2S2.C12H12N2S2.C2H6/c1-11(2)5-6-12(3)14-8-9-15(16-10-7-13(4)21-16)18-17(14)19-22-20-18;1-7-3-5-9(10-6-4-8(2)15-10)12-11(7)13-16-14-12;1-2/h5-10H,1,3H2,2,4H3;3-4,6,9H,5H2,1-2H3;1-2H3/b6-5-;;. The third-order valence-electron chi connectivity index (χ3n) is 6.32. The van der Waals surface area contributed by atoms with Crippen molar-refractivity contribution in [2.45, 2.75) is 53.9 Å². The van der Waals surface area contributed by atoms with Gasteiger partial charge >= 0.3 is 0 Å². The van der Waals surface area contributed by atoms with Crippen molar-refractivity contribution in [1.29, 1.82) is 0 Å². The summed E-state index contributed by atoms with van der Waals surface area (Å²) in [5, 5.41) is 0. The minimum absolute atomic E-state index is 0.427. The van der Waals surface area contributed by atoms with Crippen LogP contribution in [0.1, 0.15) is 71.6 Å². The zero-order valence-corrected chi connectivity index (χ0v) is 27.1. The van der Waals surface area contributed by atoms with E-state index in [4.69, 9.17) is 0 Å². The van der Waals surface area contributed by atoms with Gasteiger partial charge in [-0.25, -0.2) is 0 Å². The van der Waals surface area contributed by atoms with Crippen molar-refractivity contribution >= 4 is 68.3 Å². The molecule has 6 rings (SSSR count). The highest BCUT2D eigenvalue weighted by Gasteiger charge is 2.26. The quantitative estimate of drug-likeness (QED) is 0.188. The molecule has 0 amide bonds. The van der Waals surface area contributed by atoms with Gasteiger partial charge in [-0.2, -0.15) is 17.5 Å². The molecule has 0 aliphatic heterocycles. The van der Waals surface area contributed by atoms with Crippen LogP contribution in [0.2, 0.25) is 0 Å². The first-order chi connectivity index (χ1) is 19.3. The number of rotatable bonds is 5. The van der Waals surface area contributed by atoms with Crippen LogP contribution in [0.4, 0.5) is 0 Å². The van der Waals surface area contributed by atoms with Crippen molar-refractivity contribution in [1.82, 2.24) is 17.5 Å². The second-order valence-corrected chi connectivity index (χ2v) is 13.0. The van der Waals surface area contributed by atoms with E-state index in [1.54, 1.807) is 11.3 Å². The first kappa shape index (κ1) is 29.9. The number of hydrogen-bond donors (Lipinski definition) is 0. The predicted molar refractivity (Wildman–Crippen MR) is 179 cm³/mol. The smallest absolute Gasteiger partial charge is 0.114 e. The summed E-state index contributed by atoms with van der Waals surface area (Å²) in [6.45, 7) is 20.4. The fourth-order valence-corrected chi connectivity index (χ4v) is 7.45. The summed E-state index contributed by atoms with van der Waals surface area (Å²) in [4.78, 5) is 5.30. The van der Waals surface area contributed by atoms with Crippen LogP contribution in [0.15, 0.2) is 73.4 Å². The summed E-state index contributed by atoms with van der Waals surface area (Å²) in [5.74, 6) is 0.427. The maximum Gasteiger partial charge on any atom is 0.114 e. The Morgan fingerprint density at radius 3 is 2.20 bits per heavy atom. The highest BCUT2D eigenvalue weighted by atomic mass is 32.1. The first-order valence-electron chi connectivity index (χ1n) is 13.2. The van der Waals surface area contributed by atoms with Gasteiger partial charge in [0.25, 0.3) is 0 Å². The lowest BCUT2D eigenvalue weighted by Crippen LogP contribution is -2.06. The predicted octanol–water partition coefficient (Wildman–Crippen LogP) is 10.7. The van der Waals surface area contributed by atoms with Crippen LogP contribution in [0.3, 0.4) is 0 Å². The third kappa shape index (κ3) is 6.63. The van der Waals surface area contributed by atoms with E-state index in [2.05, 4.69) is 93.9 Å². The Bertz CT molecular complexity index is 1690. The molecule has 0 N–H and O–H groups in total. The van der Waals surface area contributed by atoms with E-state index in [0.717, 1.165) is 45.4 Å². The van der Waals surface area contributed by atoms with Gasteiger partial charge in [-0.1, -0.05) is 62.9 Å². The molecule has 1 aliphatic rings. The second kappa shape index (κ2) is 13.5. The van der Waals surface area contributed by atoms with Crippen LogP contribution >= 0.6 is 46.1 Å². The van der Waals surface area contributed by atoms with E-state index < -0.39 is 0 Å². The van der Waals surface area contributed by atoms with E-state index in [1.165, 1.54) is 54.2 Å². The zero-order chi connectivity index (χ0) is 28.8. The maximum atomic E-state index is 4.50. The molecule has 206 valence electrons. The van der Waals surface area contributed by atoms with Gasteiger partial charge in [0.05, 0.1) is 29.2 Å². The van der Waals surface area contributed by atoms with Crippen LogP contribution in [-0.4, -0.2) is 17.5 Å². The molecule has 0 saturated heterocycles. The lowest BCUT2D eigenvalue weighted by molar-refractivity contribution is 0.805. The molecule has 0 bridgehead atoms. The third-order valence-corrected chi connectivity index (χ3v) is 9.54. The Morgan fingerprint density at radius 2 is 1.52 bits per heavy atom. The summed E-state index contributed by atoms with van der Waals surface area (Å²) >= 11 is 6.22. The van der Waals surface area contributed by atoms with Crippen molar-refractivity contribution in [3.63, 3.8) is 0 Å². The van der Waals surface area contributed by atoms with Crippen LogP contribution < -0.4 is 0 Å². The largest absolute Gasteiger partial charge is 0.177 e. The van der Waals surface area contributed by atoms with Crippen molar-refractivity contribution in [2.75, 3.05) is 0 Å². The van der Waals surface area contributed by atoms with Gasteiger partial charge < -0.3 is 0 Å². The molecule has 5 aromatic rings. The van der Waals surface area contributed by atoms with Crippen LogP contribution in [0.5, 0.6) is 0 Å². The van der Waals surface area contributed by atoms with Crippen molar-refractivity contribution < 1.29 is 0 Å². The van der Waals surface area contributed by atoms with E-state index in [0.29, 0.717) is 5.92 Å². The molecule has 4 aromatic heterocycles. The summed E-state index contributed by atoms with van der Waals surface area (Å²) in [7, 11) is 0. The Morgan fingerprint density at radius 1 is 0.825 bits per heavy atom. The maximum absolute atomic E-state index is 4.50. The molecule has 1 aromatic carbocycles. The number of hydrogen-bond acceptors (Lipinski definition) is 8. The molecule has 0 saturated carbocycles. The van der Waals surface area contributed by atoms with E-state index in [1.807, 2.05) is 44.3 Å². The Labute approximate surface area is 253 Å². The minimum Gasteiger partial charge on any atom is -0.177 e. The Balaban J connectivity index is 0.000000181. The summed E-state index contributed by atoms with van der Waals surface area (Å²) < 4.78 is 17.8. The monoisotopic (exact) mass is 602 g/mol. The van der Waals surface area contributed by atoms with Gasteiger partial charge in [0.15, 0.2) is 0 Å². The molecule has 1 atom stereocenters. The molecular formula is C32H34N4S4. The molecule has 4 nitrogen and oxygen atoms in total. The van der Waals surface area contributed by atoms with Crippen molar-refractivity contribution in [3.8, 4) is 10.4 Å². The van der Waals surface area contributed by atoms with E-state index in [-0.39, 0.29) is 0 Å². The zero-order valence-electron chi connectivity index (χ0n) is 23.8. The van der Waals surface area contributed by atoms with E-state index in [9.17, 15) is 0 Å². The summed E-state index contributed by atoms with van der Waals surface area (Å²) in [6, 6.07) is 12.9. The first-order valence-corrected chi connectivity index (χ1v) is 16.3. The number of allylic oxidation sites excluding steroid dienone is 6. The number of thiophene rings is 2. The summed E-state index contributed by atoms with van der Waals surface area (Å²) in [6.07, 6.45) is 7.28. The van der Waals surface area contributed by atoms with Crippen LogP contribution in [0.25, 0.3) is 32.6 Å². The molecule has 40 heavy (non-hydrogen) atoms. The number of nitrogens with zero attached hydrogens (tertiary/aromatic N) is 4. The van der Waals surface area contributed by atoms with Gasteiger partial charge in [-0.3, -0.25) is 0 Å². The molecule has 1 unspecified atom stereocenters. The average Bonchev–Trinajstić information content (AvgIpc) is 3.76. The molecule has 0 radical (unpaired) electrons. The van der Waals surface area contributed by atoms with Crippen LogP contribution in [-0.2, 0) is 0 Å². The Kier molecular flexibility index (Phi) is 10.1. The fraction of sp³-hybridized carbons (Fsp3) is 0.250. The van der Waals surface area contributed by atoms with Gasteiger partial charge in [-0.05, 0) is 69.5 Å². The number of benzene rings is 1. The van der Waals surface area contributed by atoms with Crippen molar-refractivity contribution in [2.24, 2.45) is 0 Å².